The number of nitrogens with one attached hydrogen (secondary N) is 1. The van der Waals surface area contributed by atoms with Crippen LogP contribution in [0, 0.1) is 26.6 Å². The predicted octanol–water partition coefficient (Wildman–Crippen LogP) is 4.26. The van der Waals surface area contributed by atoms with Crippen molar-refractivity contribution in [1.29, 1.82) is 0 Å². The van der Waals surface area contributed by atoms with Gasteiger partial charge in [0.25, 0.3) is 5.95 Å². The van der Waals surface area contributed by atoms with E-state index in [1.54, 1.807) is 12.1 Å². The van der Waals surface area contributed by atoms with E-state index in [-0.39, 0.29) is 23.6 Å². The molecular formula is C24H21FN6O. The van der Waals surface area contributed by atoms with E-state index in [1.807, 2.05) is 6.92 Å². The minimum atomic E-state index is -0.326. The highest BCUT2D eigenvalue weighted by molar-refractivity contribution is 5.95. The first-order valence-corrected chi connectivity index (χ1v) is 10.3. The molecule has 0 radical (unpaired) electrons. The Labute approximate surface area is 184 Å². The van der Waals surface area contributed by atoms with Gasteiger partial charge in [-0.15, -0.1) is 5.10 Å². The minimum Gasteiger partial charge on any atom is -0.310 e. The third-order valence-electron chi connectivity index (χ3n) is 5.91. The molecule has 3 heterocycles. The number of anilines is 1. The van der Waals surface area contributed by atoms with Gasteiger partial charge in [0, 0.05) is 23.5 Å². The lowest BCUT2D eigenvalue weighted by atomic mass is 9.84. The van der Waals surface area contributed by atoms with Gasteiger partial charge in [-0.05, 0) is 61.7 Å². The molecule has 2 aromatic heterocycles. The number of carbonyl (C=O) groups excluding carboxylic acids is 1. The molecule has 5 rings (SSSR count). The molecule has 0 unspecified atom stereocenters. The second-order valence-electron chi connectivity index (χ2n) is 8.06. The Kier molecular flexibility index (Phi) is 4.77. The van der Waals surface area contributed by atoms with Crippen LogP contribution in [0.15, 0.2) is 48.7 Å². The van der Waals surface area contributed by atoms with Crippen molar-refractivity contribution in [3.8, 4) is 17.2 Å². The summed E-state index contributed by atoms with van der Waals surface area (Å²) in [6, 6.07) is 12.3. The summed E-state index contributed by atoms with van der Waals surface area (Å²) in [6.45, 7) is 6.05. The van der Waals surface area contributed by atoms with E-state index in [2.05, 4.69) is 57.6 Å². The highest BCUT2D eigenvalue weighted by atomic mass is 19.1. The van der Waals surface area contributed by atoms with Crippen molar-refractivity contribution >= 4 is 11.7 Å². The van der Waals surface area contributed by atoms with Crippen LogP contribution in [-0.2, 0) is 4.79 Å². The Morgan fingerprint density at radius 2 is 1.84 bits per heavy atom. The molecule has 160 valence electrons. The van der Waals surface area contributed by atoms with Gasteiger partial charge < -0.3 is 5.32 Å². The minimum absolute atomic E-state index is 0.0930. The lowest BCUT2D eigenvalue weighted by Crippen LogP contribution is -2.25. The molecule has 2 aromatic carbocycles. The van der Waals surface area contributed by atoms with Gasteiger partial charge in [0.15, 0.2) is 0 Å². The van der Waals surface area contributed by atoms with Gasteiger partial charge in [-0.25, -0.2) is 9.37 Å². The second-order valence-corrected chi connectivity index (χ2v) is 8.06. The molecule has 32 heavy (non-hydrogen) atoms. The number of hydrogen-bond acceptors (Lipinski definition) is 5. The Morgan fingerprint density at radius 1 is 1.06 bits per heavy atom. The summed E-state index contributed by atoms with van der Waals surface area (Å²) in [4.78, 5) is 17.2. The number of fused-ring (bicyclic) bond motifs is 1. The molecule has 0 fully saturated rings. The zero-order chi connectivity index (χ0) is 22.4. The van der Waals surface area contributed by atoms with E-state index < -0.39 is 0 Å². The van der Waals surface area contributed by atoms with Gasteiger partial charge in [-0.3, -0.25) is 4.79 Å². The van der Waals surface area contributed by atoms with Crippen LogP contribution in [0.25, 0.3) is 17.2 Å². The number of benzene rings is 2. The zero-order valence-electron chi connectivity index (χ0n) is 17.9. The van der Waals surface area contributed by atoms with Crippen molar-refractivity contribution in [2.24, 2.45) is 0 Å². The molecule has 1 N–H and O–H groups in total. The fourth-order valence-electron chi connectivity index (χ4n) is 4.10. The number of rotatable bonds is 3. The predicted molar refractivity (Wildman–Crippen MR) is 118 cm³/mol. The van der Waals surface area contributed by atoms with Crippen molar-refractivity contribution in [2.45, 2.75) is 33.1 Å². The standard InChI is InChI=1S/C24H21FN6O/c1-13-4-5-17(10-14(13)2)19-11-21(32)28-23-22(19)15(3)30-31(23)24-27-20(12-26-29-24)16-6-8-18(25)9-7-16/h4-10,12,19H,11H2,1-3H3,(H,28,32)/t19-/m0/s1. The number of aryl methyl sites for hydroxylation is 3. The highest BCUT2D eigenvalue weighted by Crippen LogP contribution is 2.40. The number of halogens is 1. The molecule has 0 saturated heterocycles. The first-order valence-electron chi connectivity index (χ1n) is 10.3. The van der Waals surface area contributed by atoms with Gasteiger partial charge in [0.2, 0.25) is 5.91 Å². The lowest BCUT2D eigenvalue weighted by Gasteiger charge is -2.24. The molecule has 4 aromatic rings. The molecule has 0 bridgehead atoms. The Hall–Kier alpha value is -3.94. The molecule has 0 aliphatic carbocycles. The van der Waals surface area contributed by atoms with Crippen LogP contribution in [0.2, 0.25) is 0 Å². The molecule has 1 atom stereocenters. The number of carbonyl (C=O) groups is 1. The summed E-state index contributed by atoms with van der Waals surface area (Å²) < 4.78 is 14.8. The average Bonchev–Trinajstić information content (AvgIpc) is 3.12. The second kappa shape index (κ2) is 7.64. The van der Waals surface area contributed by atoms with E-state index >= 15 is 0 Å². The first kappa shape index (κ1) is 20.0. The van der Waals surface area contributed by atoms with Crippen molar-refractivity contribution in [2.75, 3.05) is 5.32 Å². The third-order valence-corrected chi connectivity index (χ3v) is 5.91. The molecule has 7 nitrogen and oxygen atoms in total. The third kappa shape index (κ3) is 3.43. The summed E-state index contributed by atoms with van der Waals surface area (Å²) >= 11 is 0. The van der Waals surface area contributed by atoms with Gasteiger partial charge in [-0.1, -0.05) is 18.2 Å². The molecule has 1 amide bonds. The smallest absolute Gasteiger partial charge is 0.272 e. The fraction of sp³-hybridized carbons (Fsp3) is 0.208. The van der Waals surface area contributed by atoms with Crippen molar-refractivity contribution in [1.82, 2.24) is 25.0 Å². The van der Waals surface area contributed by atoms with Gasteiger partial charge >= 0.3 is 0 Å². The number of nitrogens with zero attached hydrogens (tertiary/aromatic N) is 5. The maximum absolute atomic E-state index is 13.3. The van der Waals surface area contributed by atoms with Crippen LogP contribution < -0.4 is 5.32 Å². The fourth-order valence-corrected chi connectivity index (χ4v) is 4.10. The summed E-state index contributed by atoms with van der Waals surface area (Å²) in [5.74, 6) is 0.259. The van der Waals surface area contributed by atoms with Crippen LogP contribution in [0.3, 0.4) is 0 Å². The lowest BCUT2D eigenvalue weighted by molar-refractivity contribution is -0.116. The van der Waals surface area contributed by atoms with Crippen LogP contribution >= 0.6 is 0 Å². The average molecular weight is 428 g/mol. The monoisotopic (exact) mass is 428 g/mol. The Balaban J connectivity index is 1.61. The first-order chi connectivity index (χ1) is 15.4. The van der Waals surface area contributed by atoms with Crippen molar-refractivity contribution in [3.63, 3.8) is 0 Å². The number of amides is 1. The normalized spacial score (nSPS) is 15.4. The van der Waals surface area contributed by atoms with Gasteiger partial charge in [0.1, 0.15) is 11.6 Å². The molecule has 1 aliphatic rings. The van der Waals surface area contributed by atoms with Gasteiger partial charge in [0.05, 0.1) is 17.6 Å². The SMILES string of the molecule is Cc1ccc([C@@H]2CC(=O)Nc3c2c(C)nn3-c2nncc(-c3ccc(F)cc3)n2)cc1C. The number of hydrogen-bond donors (Lipinski definition) is 1. The molecular weight excluding hydrogens is 407 g/mol. The summed E-state index contributed by atoms with van der Waals surface area (Å²) in [5.41, 5.74) is 6.44. The van der Waals surface area contributed by atoms with E-state index in [4.69, 9.17) is 0 Å². The van der Waals surface area contributed by atoms with Crippen LogP contribution in [-0.4, -0.2) is 30.9 Å². The summed E-state index contributed by atoms with van der Waals surface area (Å²) in [6.07, 6.45) is 1.85. The maximum atomic E-state index is 13.3. The molecule has 0 saturated carbocycles. The van der Waals surface area contributed by atoms with E-state index in [0.717, 1.165) is 16.8 Å². The Bertz CT molecular complexity index is 1350. The van der Waals surface area contributed by atoms with E-state index in [1.165, 1.54) is 34.1 Å². The quantitative estimate of drug-likeness (QED) is 0.527. The van der Waals surface area contributed by atoms with E-state index in [0.29, 0.717) is 23.5 Å². The van der Waals surface area contributed by atoms with Crippen molar-refractivity contribution < 1.29 is 9.18 Å². The maximum Gasteiger partial charge on any atom is 0.272 e. The van der Waals surface area contributed by atoms with Crippen LogP contribution in [0.1, 0.15) is 40.3 Å². The van der Waals surface area contributed by atoms with Crippen molar-refractivity contribution in [3.05, 3.63) is 82.4 Å². The molecule has 0 spiro atoms. The highest BCUT2D eigenvalue weighted by Gasteiger charge is 2.33. The summed E-state index contributed by atoms with van der Waals surface area (Å²) in [5, 5.41) is 15.8. The molecule has 1 aliphatic heterocycles. The molecule has 8 heteroatoms. The van der Waals surface area contributed by atoms with E-state index in [9.17, 15) is 9.18 Å². The summed E-state index contributed by atoms with van der Waals surface area (Å²) in [7, 11) is 0. The number of aromatic nitrogens is 5. The largest absolute Gasteiger partial charge is 0.310 e. The zero-order valence-corrected chi connectivity index (χ0v) is 17.9. The Morgan fingerprint density at radius 3 is 2.59 bits per heavy atom. The van der Waals surface area contributed by atoms with Gasteiger partial charge in [-0.2, -0.15) is 14.9 Å². The van der Waals surface area contributed by atoms with Crippen LogP contribution in [0.5, 0.6) is 0 Å². The topological polar surface area (TPSA) is 85.6 Å². The van der Waals surface area contributed by atoms with Crippen LogP contribution in [0.4, 0.5) is 10.2 Å².